The molecule has 0 bridgehead atoms. The van der Waals surface area contributed by atoms with Crippen molar-refractivity contribution in [1.82, 2.24) is 0 Å². The zero-order chi connectivity index (χ0) is 9.68. The van der Waals surface area contributed by atoms with Crippen LogP contribution in [-0.2, 0) is 0 Å². The molecule has 1 unspecified atom stereocenters. The van der Waals surface area contributed by atoms with Crippen molar-refractivity contribution in [3.8, 4) is 0 Å². The molecule has 2 aliphatic rings. The molecule has 0 heteroatoms. The minimum Gasteiger partial charge on any atom is -0.0807 e. The van der Waals surface area contributed by atoms with Crippen LogP contribution in [0.2, 0.25) is 0 Å². The number of rotatable bonds is 0. The second-order valence-corrected chi connectivity index (χ2v) is 3.60. The van der Waals surface area contributed by atoms with Gasteiger partial charge in [0.25, 0.3) is 0 Å². The molecule has 0 N–H and O–H groups in total. The molecule has 2 aliphatic carbocycles. The molecule has 0 aromatic heterocycles. The summed E-state index contributed by atoms with van der Waals surface area (Å²) in [6.45, 7) is 6.33. The minimum atomic E-state index is 0.874. The van der Waals surface area contributed by atoms with E-state index in [-0.39, 0.29) is 0 Å². The van der Waals surface area contributed by atoms with E-state index in [1.165, 1.54) is 12.8 Å². The fraction of sp³-hybridized carbons (Fsp3) is 0.538. The third kappa shape index (κ3) is 2.58. The standard InChI is InChI=1S/C11H14.C2H6/c1-9-7-10-5-3-2-4-6-11(10)8-9;1-2/h2-3,5-6,9H,4,7-8H2,1H3;1-2H3. The first-order valence-corrected chi connectivity index (χ1v) is 5.41. The summed E-state index contributed by atoms with van der Waals surface area (Å²) < 4.78 is 0. The van der Waals surface area contributed by atoms with Gasteiger partial charge in [0.05, 0.1) is 0 Å². The van der Waals surface area contributed by atoms with Crippen LogP contribution in [0.25, 0.3) is 0 Å². The van der Waals surface area contributed by atoms with Gasteiger partial charge in [-0.15, -0.1) is 0 Å². The van der Waals surface area contributed by atoms with Crippen molar-refractivity contribution in [2.24, 2.45) is 5.92 Å². The third-order valence-electron chi connectivity index (χ3n) is 2.48. The second-order valence-electron chi connectivity index (χ2n) is 3.60. The highest BCUT2D eigenvalue weighted by Crippen LogP contribution is 2.35. The highest BCUT2D eigenvalue weighted by atomic mass is 14.2. The van der Waals surface area contributed by atoms with E-state index in [0.717, 1.165) is 12.3 Å². The van der Waals surface area contributed by atoms with E-state index in [9.17, 15) is 0 Å². The summed E-state index contributed by atoms with van der Waals surface area (Å²) in [5.41, 5.74) is 3.17. The molecule has 0 amide bonds. The SMILES string of the molecule is CC.CC1CC2=CC=CCC=C2C1. The Morgan fingerprint density at radius 1 is 1.15 bits per heavy atom. The smallest absolute Gasteiger partial charge is 0.0160 e. The Balaban J connectivity index is 0.000000396. The molecular weight excluding hydrogens is 156 g/mol. The summed E-state index contributed by atoms with van der Waals surface area (Å²) in [5, 5.41) is 0. The van der Waals surface area contributed by atoms with E-state index in [4.69, 9.17) is 0 Å². The van der Waals surface area contributed by atoms with E-state index in [1.807, 2.05) is 13.8 Å². The summed E-state index contributed by atoms with van der Waals surface area (Å²) in [6, 6.07) is 0. The summed E-state index contributed by atoms with van der Waals surface area (Å²) in [7, 11) is 0. The highest BCUT2D eigenvalue weighted by molar-refractivity contribution is 5.40. The van der Waals surface area contributed by atoms with Crippen LogP contribution in [0.4, 0.5) is 0 Å². The third-order valence-corrected chi connectivity index (χ3v) is 2.48. The summed E-state index contributed by atoms with van der Waals surface area (Å²) in [4.78, 5) is 0. The number of hydrogen-bond acceptors (Lipinski definition) is 0. The van der Waals surface area contributed by atoms with Crippen molar-refractivity contribution in [3.63, 3.8) is 0 Å². The monoisotopic (exact) mass is 176 g/mol. The maximum Gasteiger partial charge on any atom is -0.0160 e. The van der Waals surface area contributed by atoms with Crippen molar-refractivity contribution >= 4 is 0 Å². The number of fused-ring (bicyclic) bond motifs is 1. The Bertz CT molecular complexity index is 241. The van der Waals surface area contributed by atoms with Gasteiger partial charge in [0, 0.05) is 0 Å². The average Bonchev–Trinajstić information content (AvgIpc) is 2.36. The van der Waals surface area contributed by atoms with Crippen molar-refractivity contribution in [1.29, 1.82) is 0 Å². The first-order valence-electron chi connectivity index (χ1n) is 5.41. The highest BCUT2D eigenvalue weighted by Gasteiger charge is 2.19. The van der Waals surface area contributed by atoms with Gasteiger partial charge in [-0.3, -0.25) is 0 Å². The second kappa shape index (κ2) is 5.06. The van der Waals surface area contributed by atoms with Gasteiger partial charge in [-0.25, -0.2) is 0 Å². The molecule has 1 fully saturated rings. The molecule has 0 aromatic rings. The van der Waals surface area contributed by atoms with E-state index in [1.54, 1.807) is 11.1 Å². The molecule has 1 saturated carbocycles. The van der Waals surface area contributed by atoms with Gasteiger partial charge in [-0.1, -0.05) is 45.1 Å². The average molecular weight is 176 g/mol. The van der Waals surface area contributed by atoms with Gasteiger partial charge in [0.2, 0.25) is 0 Å². The van der Waals surface area contributed by atoms with E-state index < -0.39 is 0 Å². The zero-order valence-electron chi connectivity index (χ0n) is 9.01. The van der Waals surface area contributed by atoms with Crippen molar-refractivity contribution in [2.75, 3.05) is 0 Å². The van der Waals surface area contributed by atoms with Gasteiger partial charge in [-0.2, -0.15) is 0 Å². The van der Waals surface area contributed by atoms with Gasteiger partial charge in [0.1, 0.15) is 0 Å². The zero-order valence-corrected chi connectivity index (χ0v) is 9.01. The molecule has 0 nitrogen and oxygen atoms in total. The van der Waals surface area contributed by atoms with Gasteiger partial charge < -0.3 is 0 Å². The molecule has 0 spiro atoms. The molecule has 0 heterocycles. The Hall–Kier alpha value is -0.780. The van der Waals surface area contributed by atoms with Crippen LogP contribution in [0.3, 0.4) is 0 Å². The first-order chi connectivity index (χ1) is 6.36. The molecular formula is C13H20. The van der Waals surface area contributed by atoms with Gasteiger partial charge in [0.15, 0.2) is 0 Å². The normalized spacial score (nSPS) is 25.0. The molecule has 13 heavy (non-hydrogen) atoms. The molecule has 2 rings (SSSR count). The van der Waals surface area contributed by atoms with Crippen LogP contribution >= 0.6 is 0 Å². The van der Waals surface area contributed by atoms with Gasteiger partial charge in [-0.05, 0) is 36.3 Å². The van der Waals surface area contributed by atoms with E-state index >= 15 is 0 Å². The van der Waals surface area contributed by atoms with Crippen molar-refractivity contribution < 1.29 is 0 Å². The topological polar surface area (TPSA) is 0 Å². The van der Waals surface area contributed by atoms with Crippen molar-refractivity contribution in [2.45, 2.75) is 40.0 Å². The number of allylic oxidation sites excluding steroid dienone is 6. The fourth-order valence-corrected chi connectivity index (χ4v) is 1.95. The van der Waals surface area contributed by atoms with Crippen LogP contribution in [-0.4, -0.2) is 0 Å². The maximum atomic E-state index is 2.37. The minimum absolute atomic E-state index is 0.874. The Morgan fingerprint density at radius 3 is 2.62 bits per heavy atom. The predicted molar refractivity (Wildman–Crippen MR) is 59.7 cm³/mol. The largest absolute Gasteiger partial charge is 0.0807 e. The Kier molecular flexibility index (Phi) is 4.01. The molecule has 0 saturated heterocycles. The number of hydrogen-bond donors (Lipinski definition) is 0. The first kappa shape index (κ1) is 10.3. The molecule has 0 aliphatic heterocycles. The van der Waals surface area contributed by atoms with Gasteiger partial charge >= 0.3 is 0 Å². The lowest BCUT2D eigenvalue weighted by atomic mass is 10.1. The lowest BCUT2D eigenvalue weighted by Crippen LogP contribution is -1.80. The van der Waals surface area contributed by atoms with Crippen LogP contribution in [0.1, 0.15) is 40.0 Å². The van der Waals surface area contributed by atoms with Crippen LogP contribution in [0.5, 0.6) is 0 Å². The molecule has 72 valence electrons. The van der Waals surface area contributed by atoms with E-state index in [0.29, 0.717) is 0 Å². The molecule has 0 aromatic carbocycles. The molecule has 0 radical (unpaired) electrons. The summed E-state index contributed by atoms with van der Waals surface area (Å²) in [5.74, 6) is 0.874. The predicted octanol–water partition coefficient (Wildman–Crippen LogP) is 4.26. The molecule has 1 atom stereocenters. The summed E-state index contributed by atoms with van der Waals surface area (Å²) >= 11 is 0. The van der Waals surface area contributed by atoms with Crippen molar-refractivity contribution in [3.05, 3.63) is 35.5 Å². The maximum absolute atomic E-state index is 2.37. The van der Waals surface area contributed by atoms with Crippen LogP contribution in [0.15, 0.2) is 35.5 Å². The summed E-state index contributed by atoms with van der Waals surface area (Å²) in [6.07, 6.45) is 12.8. The lowest BCUT2D eigenvalue weighted by Gasteiger charge is -1.94. The Labute approximate surface area is 82.0 Å². The lowest BCUT2D eigenvalue weighted by molar-refractivity contribution is 0.640. The Morgan fingerprint density at radius 2 is 1.85 bits per heavy atom. The quantitative estimate of drug-likeness (QED) is 0.517. The van der Waals surface area contributed by atoms with E-state index in [2.05, 4.69) is 31.2 Å². The van der Waals surface area contributed by atoms with Crippen LogP contribution in [0, 0.1) is 5.92 Å². The fourth-order valence-electron chi connectivity index (χ4n) is 1.95. The van der Waals surface area contributed by atoms with Crippen LogP contribution < -0.4 is 0 Å².